The lowest BCUT2D eigenvalue weighted by Gasteiger charge is -2.21. The van der Waals surface area contributed by atoms with Gasteiger partial charge in [0, 0.05) is 23.4 Å². The van der Waals surface area contributed by atoms with E-state index in [1.807, 2.05) is 6.07 Å². The van der Waals surface area contributed by atoms with Crippen molar-refractivity contribution in [1.29, 1.82) is 0 Å². The molecule has 120 valence electrons. The van der Waals surface area contributed by atoms with Crippen LogP contribution in [0.2, 0.25) is 5.02 Å². The molecule has 1 aliphatic rings. The Labute approximate surface area is 146 Å². The Balaban J connectivity index is 2.14. The van der Waals surface area contributed by atoms with Gasteiger partial charge in [-0.3, -0.25) is 9.48 Å². The number of halogens is 1. The first kappa shape index (κ1) is 14.3. The monoisotopic (exact) mass is 356 g/mol. The molecule has 0 atom stereocenters. The molecule has 0 radical (unpaired) electrons. The SMILES string of the molecule is Cn1nc2c3sccc3c3c4c(c(Cl)cc3c2c1C=O)OCCC4. The normalized spacial score (nSPS) is 14.2. The average molecular weight is 357 g/mol. The highest BCUT2D eigenvalue weighted by Gasteiger charge is 2.24. The first-order valence-corrected chi connectivity index (χ1v) is 9.05. The smallest absolute Gasteiger partial charge is 0.168 e. The van der Waals surface area contributed by atoms with Crippen molar-refractivity contribution in [2.24, 2.45) is 7.05 Å². The Kier molecular flexibility index (Phi) is 2.94. The summed E-state index contributed by atoms with van der Waals surface area (Å²) in [6.45, 7) is 0.694. The molecule has 3 heterocycles. The summed E-state index contributed by atoms with van der Waals surface area (Å²) in [5, 5.41) is 11.5. The van der Waals surface area contributed by atoms with Crippen LogP contribution in [0.15, 0.2) is 17.5 Å². The lowest BCUT2D eigenvalue weighted by Crippen LogP contribution is -2.09. The Morgan fingerprint density at radius 2 is 2.25 bits per heavy atom. The van der Waals surface area contributed by atoms with Crippen molar-refractivity contribution >= 4 is 61.0 Å². The van der Waals surface area contributed by atoms with E-state index in [1.165, 1.54) is 0 Å². The molecule has 0 unspecified atom stereocenters. The van der Waals surface area contributed by atoms with Crippen molar-refractivity contribution in [2.45, 2.75) is 12.8 Å². The maximum atomic E-state index is 11.7. The average Bonchev–Trinajstić information content (AvgIpc) is 3.19. The number of ether oxygens (including phenoxy) is 1. The number of carbonyl (C=O) groups excluding carboxylic acids is 1. The van der Waals surface area contributed by atoms with Crippen LogP contribution in [0.25, 0.3) is 31.8 Å². The van der Waals surface area contributed by atoms with E-state index in [2.05, 4.69) is 16.5 Å². The molecule has 0 saturated carbocycles. The molecule has 0 amide bonds. The topological polar surface area (TPSA) is 44.1 Å². The second kappa shape index (κ2) is 4.94. The Bertz CT molecular complexity index is 1160. The van der Waals surface area contributed by atoms with Gasteiger partial charge in [0.25, 0.3) is 0 Å². The van der Waals surface area contributed by atoms with E-state index < -0.39 is 0 Å². The molecule has 0 spiro atoms. The number of aromatic nitrogens is 2. The van der Waals surface area contributed by atoms with Crippen LogP contribution in [-0.2, 0) is 13.5 Å². The van der Waals surface area contributed by atoms with E-state index in [1.54, 1.807) is 23.1 Å². The second-order valence-electron chi connectivity index (χ2n) is 6.05. The minimum Gasteiger partial charge on any atom is -0.492 e. The number of aryl methyl sites for hydroxylation is 2. The number of thiophene rings is 1. The molecule has 2 aromatic heterocycles. The van der Waals surface area contributed by atoms with Gasteiger partial charge in [-0.2, -0.15) is 5.10 Å². The third-order valence-electron chi connectivity index (χ3n) is 4.77. The highest BCUT2D eigenvalue weighted by molar-refractivity contribution is 7.18. The molecule has 0 saturated heterocycles. The predicted octanol–water partition coefficient (Wildman–Crippen LogP) is 4.73. The standard InChI is InChI=1S/C18H13ClN2O2S/c1-21-13(8-22)15-11-7-12(19)17-9(3-2-5-23-17)14(11)10-4-6-24-18(10)16(15)20-21/h4,6-8H,2-3,5H2,1H3. The van der Waals surface area contributed by atoms with Crippen LogP contribution >= 0.6 is 22.9 Å². The molecule has 2 aromatic carbocycles. The summed E-state index contributed by atoms with van der Waals surface area (Å²) in [5.41, 5.74) is 2.60. The number of hydrogen-bond acceptors (Lipinski definition) is 4. The molecule has 6 heteroatoms. The molecular weight excluding hydrogens is 344 g/mol. The summed E-state index contributed by atoms with van der Waals surface area (Å²) >= 11 is 8.16. The zero-order valence-corrected chi connectivity index (χ0v) is 14.5. The molecule has 5 rings (SSSR count). The highest BCUT2D eigenvalue weighted by Crippen LogP contribution is 2.46. The summed E-state index contributed by atoms with van der Waals surface area (Å²) in [6.07, 6.45) is 2.78. The van der Waals surface area contributed by atoms with Crippen LogP contribution in [0.1, 0.15) is 22.5 Å². The number of aldehydes is 1. The fourth-order valence-electron chi connectivity index (χ4n) is 3.79. The Hall–Kier alpha value is -2.11. The molecule has 1 aliphatic heterocycles. The number of nitrogens with zero attached hydrogens (tertiary/aromatic N) is 2. The molecule has 0 aliphatic carbocycles. The lowest BCUT2D eigenvalue weighted by atomic mass is 9.93. The lowest BCUT2D eigenvalue weighted by molar-refractivity contribution is 0.111. The van der Waals surface area contributed by atoms with Crippen molar-refractivity contribution in [3.05, 3.63) is 33.8 Å². The number of fused-ring (bicyclic) bond motifs is 8. The van der Waals surface area contributed by atoms with Crippen molar-refractivity contribution in [3.8, 4) is 5.75 Å². The summed E-state index contributed by atoms with van der Waals surface area (Å²) < 4.78 is 8.60. The molecular formula is C18H13ClN2O2S. The third kappa shape index (κ3) is 1.69. The van der Waals surface area contributed by atoms with Crippen molar-refractivity contribution < 1.29 is 9.53 Å². The van der Waals surface area contributed by atoms with E-state index >= 15 is 0 Å². The van der Waals surface area contributed by atoms with E-state index in [9.17, 15) is 4.79 Å². The van der Waals surface area contributed by atoms with Crippen LogP contribution in [0, 0.1) is 0 Å². The molecule has 4 aromatic rings. The molecule has 0 bridgehead atoms. The molecule has 0 N–H and O–H groups in total. The van der Waals surface area contributed by atoms with E-state index in [4.69, 9.17) is 16.3 Å². The maximum absolute atomic E-state index is 11.7. The van der Waals surface area contributed by atoms with Gasteiger partial charge in [0.1, 0.15) is 17.0 Å². The first-order valence-electron chi connectivity index (χ1n) is 7.79. The van der Waals surface area contributed by atoms with E-state index in [0.29, 0.717) is 17.3 Å². The molecule has 24 heavy (non-hydrogen) atoms. The quantitative estimate of drug-likeness (QED) is 0.463. The summed E-state index contributed by atoms with van der Waals surface area (Å²) in [7, 11) is 1.80. The molecule has 0 fully saturated rings. The van der Waals surface area contributed by atoms with Crippen LogP contribution < -0.4 is 4.74 Å². The van der Waals surface area contributed by atoms with Gasteiger partial charge in [-0.05, 0) is 41.1 Å². The minimum atomic E-state index is 0.582. The fourth-order valence-corrected chi connectivity index (χ4v) is 4.96. The number of benzene rings is 2. The van der Waals surface area contributed by atoms with Gasteiger partial charge in [0.05, 0.1) is 16.3 Å². The summed E-state index contributed by atoms with van der Waals surface area (Å²) in [4.78, 5) is 11.7. The zero-order valence-electron chi connectivity index (χ0n) is 12.9. The van der Waals surface area contributed by atoms with Gasteiger partial charge in [-0.1, -0.05) is 11.6 Å². The summed E-state index contributed by atoms with van der Waals surface area (Å²) in [5.74, 6) is 0.791. The van der Waals surface area contributed by atoms with Crippen LogP contribution in [0.4, 0.5) is 0 Å². The van der Waals surface area contributed by atoms with E-state index in [0.717, 1.165) is 62.2 Å². The van der Waals surface area contributed by atoms with Crippen LogP contribution in [-0.4, -0.2) is 22.7 Å². The van der Waals surface area contributed by atoms with Crippen LogP contribution in [0.5, 0.6) is 5.75 Å². The number of rotatable bonds is 1. The van der Waals surface area contributed by atoms with Gasteiger partial charge in [0.2, 0.25) is 0 Å². The maximum Gasteiger partial charge on any atom is 0.168 e. The fraction of sp³-hybridized carbons (Fsp3) is 0.222. The van der Waals surface area contributed by atoms with Crippen molar-refractivity contribution in [2.75, 3.05) is 6.61 Å². The summed E-state index contributed by atoms with van der Waals surface area (Å²) in [6, 6.07) is 4.05. The van der Waals surface area contributed by atoms with Crippen molar-refractivity contribution in [1.82, 2.24) is 9.78 Å². The first-order chi connectivity index (χ1) is 11.7. The highest BCUT2D eigenvalue weighted by atomic mass is 35.5. The number of hydrogen-bond donors (Lipinski definition) is 0. The largest absolute Gasteiger partial charge is 0.492 e. The van der Waals surface area contributed by atoms with E-state index in [-0.39, 0.29) is 0 Å². The molecule has 4 nitrogen and oxygen atoms in total. The zero-order chi connectivity index (χ0) is 16.4. The third-order valence-corrected chi connectivity index (χ3v) is 5.97. The van der Waals surface area contributed by atoms with Gasteiger partial charge in [-0.25, -0.2) is 0 Å². The minimum absolute atomic E-state index is 0.582. The van der Waals surface area contributed by atoms with Crippen LogP contribution in [0.3, 0.4) is 0 Å². The Morgan fingerprint density at radius 1 is 1.38 bits per heavy atom. The predicted molar refractivity (Wildman–Crippen MR) is 97.8 cm³/mol. The van der Waals surface area contributed by atoms with Gasteiger partial charge >= 0.3 is 0 Å². The second-order valence-corrected chi connectivity index (χ2v) is 7.38. The van der Waals surface area contributed by atoms with Crippen molar-refractivity contribution in [3.63, 3.8) is 0 Å². The van der Waals surface area contributed by atoms with Gasteiger partial charge in [-0.15, -0.1) is 11.3 Å². The van der Waals surface area contributed by atoms with Gasteiger partial charge < -0.3 is 4.74 Å². The van der Waals surface area contributed by atoms with Gasteiger partial charge in [0.15, 0.2) is 6.29 Å². The number of carbonyl (C=O) groups is 1. The Morgan fingerprint density at radius 3 is 3.08 bits per heavy atom.